The molecule has 7 nitrogen and oxygen atoms in total. The fourth-order valence-electron chi connectivity index (χ4n) is 3.17. The quantitative estimate of drug-likeness (QED) is 0.710. The van der Waals surface area contributed by atoms with Crippen molar-refractivity contribution < 1.29 is 19.9 Å². The lowest BCUT2D eigenvalue weighted by atomic mass is 9.93. The number of rotatable bonds is 3. The van der Waals surface area contributed by atoms with Gasteiger partial charge in [0.1, 0.15) is 5.54 Å². The van der Waals surface area contributed by atoms with Crippen LogP contribution in [-0.4, -0.2) is 35.0 Å². The highest BCUT2D eigenvalue weighted by molar-refractivity contribution is 6.31. The van der Waals surface area contributed by atoms with Crippen LogP contribution in [0.15, 0.2) is 12.1 Å². The lowest BCUT2D eigenvalue weighted by Crippen LogP contribution is -2.58. The van der Waals surface area contributed by atoms with Crippen molar-refractivity contribution in [2.45, 2.75) is 38.3 Å². The van der Waals surface area contributed by atoms with Crippen molar-refractivity contribution >= 4 is 29.6 Å². The first-order valence-electron chi connectivity index (χ1n) is 9.94. The van der Waals surface area contributed by atoms with Crippen LogP contribution in [0, 0.1) is 12.8 Å². The zero-order valence-electron chi connectivity index (χ0n) is 17.4. The van der Waals surface area contributed by atoms with Gasteiger partial charge in [0.05, 0.1) is 12.0 Å². The van der Waals surface area contributed by atoms with Crippen LogP contribution < -0.4 is 16.0 Å². The van der Waals surface area contributed by atoms with Crippen molar-refractivity contribution in [1.82, 2.24) is 20.9 Å². The van der Waals surface area contributed by atoms with Crippen molar-refractivity contribution in [2.24, 2.45) is 5.92 Å². The van der Waals surface area contributed by atoms with E-state index in [2.05, 4.69) is 16.0 Å². The van der Waals surface area contributed by atoms with Gasteiger partial charge in [-0.2, -0.15) is 0 Å². The molecule has 1 saturated carbocycles. The van der Waals surface area contributed by atoms with Crippen LogP contribution in [0.3, 0.4) is 0 Å². The highest BCUT2D eigenvalue weighted by atomic mass is 35.5. The fourth-order valence-corrected chi connectivity index (χ4v) is 3.33. The summed E-state index contributed by atoms with van der Waals surface area (Å²) in [7, 11) is 0. The largest absolute Gasteiger partial charge is 0.335 e. The molecule has 3 aliphatic rings. The Hall–Kier alpha value is -2.28. The molecule has 25 heavy (non-hydrogen) atoms. The monoisotopic (exact) mass is 366 g/mol. The van der Waals surface area contributed by atoms with Crippen molar-refractivity contribution in [3.8, 4) is 0 Å². The van der Waals surface area contributed by atoms with Crippen molar-refractivity contribution in [1.29, 1.82) is 0 Å². The van der Waals surface area contributed by atoms with Gasteiger partial charge < -0.3 is 15.5 Å². The normalized spacial score (nSPS) is 31.2. The predicted octanol–water partition coefficient (Wildman–Crippen LogP) is 1.66. The molecular formula is C17H19ClN4O3. The number of halogens is 1. The van der Waals surface area contributed by atoms with Gasteiger partial charge in [0.15, 0.2) is 0 Å². The van der Waals surface area contributed by atoms with E-state index in [-0.39, 0.29) is 28.6 Å². The van der Waals surface area contributed by atoms with Crippen molar-refractivity contribution in [2.75, 3.05) is 6.54 Å². The molecule has 0 aromatic heterocycles. The lowest BCUT2D eigenvalue weighted by molar-refractivity contribution is -0.124. The second-order valence-electron chi connectivity index (χ2n) is 6.52. The van der Waals surface area contributed by atoms with E-state index in [0.717, 1.165) is 0 Å². The van der Waals surface area contributed by atoms with Gasteiger partial charge in [-0.1, -0.05) is 17.7 Å². The minimum absolute atomic E-state index is 0.0170. The Bertz CT molecular complexity index is 912. The maximum atomic E-state index is 12.9. The number of nitrogens with one attached hydrogen (secondary N) is 3. The summed E-state index contributed by atoms with van der Waals surface area (Å²) in [6.07, 6.45) is 1.41. The van der Waals surface area contributed by atoms with Gasteiger partial charge in [0.25, 0.3) is 5.91 Å². The summed E-state index contributed by atoms with van der Waals surface area (Å²) in [6.45, 7) is -3.51. The first-order chi connectivity index (χ1) is 13.4. The average molecular weight is 367 g/mol. The first kappa shape index (κ1) is 12.1. The minimum atomic E-state index is -2.46. The van der Waals surface area contributed by atoms with Crippen LogP contribution in [-0.2, 0) is 17.8 Å². The van der Waals surface area contributed by atoms with Crippen LogP contribution in [0.2, 0.25) is 5.02 Å². The van der Waals surface area contributed by atoms with Gasteiger partial charge >= 0.3 is 12.1 Å². The summed E-state index contributed by atoms with van der Waals surface area (Å²) in [4.78, 5) is 37.3. The highest BCUT2D eigenvalue weighted by Gasteiger charge is 2.56. The number of fused-ring (bicyclic) bond motifs is 1. The maximum Gasteiger partial charge on any atom is 0.322 e. The number of benzene rings is 1. The van der Waals surface area contributed by atoms with Crippen LogP contribution in [0.4, 0.5) is 9.59 Å². The number of amides is 5. The van der Waals surface area contributed by atoms with E-state index in [0.29, 0.717) is 23.3 Å². The molecule has 2 heterocycles. The Morgan fingerprint density at radius 1 is 1.40 bits per heavy atom. The molecule has 1 aromatic rings. The zero-order chi connectivity index (χ0) is 21.4. The van der Waals surface area contributed by atoms with E-state index in [1.165, 1.54) is 12.1 Å². The fraction of sp³-hybridized carbons (Fsp3) is 0.471. The predicted molar refractivity (Wildman–Crippen MR) is 91.0 cm³/mol. The summed E-state index contributed by atoms with van der Waals surface area (Å²) in [5.74, 6) is -0.691. The molecule has 0 radical (unpaired) electrons. The number of hydrogen-bond acceptors (Lipinski definition) is 3. The maximum absolute atomic E-state index is 12.9. The standard InChI is InChI=1S/C17H19ClN4O3/c1-9-4-10-6-22(7-11(10)5-13(9)18)16(25)19-8-17(12-2-3-12)14(23)20-15(24)21-17/h4-5,12H,2-3,6-8H2,1H3,(H,19,25)(H2,20,21,23,24)/t17-/m0/s1/i6D2,7D2. The van der Waals surface area contributed by atoms with Gasteiger partial charge in [-0.25, -0.2) is 9.59 Å². The summed E-state index contributed by atoms with van der Waals surface area (Å²) in [5, 5.41) is 7.45. The molecule has 1 aromatic carbocycles. The number of carbonyl (C=O) groups is 3. The molecule has 2 fully saturated rings. The third-order valence-corrected chi connectivity index (χ3v) is 5.14. The number of nitrogens with zero attached hydrogens (tertiary/aromatic N) is 1. The number of aryl methyl sites for hydroxylation is 1. The van der Waals surface area contributed by atoms with Gasteiger partial charge in [-0.05, 0) is 48.4 Å². The SMILES string of the molecule is [2H]C1([2H])c2cc(C)c(Cl)cc2C([2H])([2H])N1C(=O)NC[C@@]1(C2CC2)NC(=O)NC1=O. The van der Waals surface area contributed by atoms with E-state index >= 15 is 0 Å². The van der Waals surface area contributed by atoms with E-state index in [9.17, 15) is 14.4 Å². The molecule has 132 valence electrons. The third-order valence-electron chi connectivity index (χ3n) is 4.73. The number of imide groups is 1. The van der Waals surface area contributed by atoms with E-state index < -0.39 is 36.5 Å². The summed E-state index contributed by atoms with van der Waals surface area (Å²) >= 11 is 6.08. The van der Waals surface area contributed by atoms with Gasteiger partial charge in [0.2, 0.25) is 0 Å². The van der Waals surface area contributed by atoms with Crippen molar-refractivity contribution in [3.63, 3.8) is 0 Å². The average Bonchev–Trinajstić information content (AvgIpc) is 3.38. The molecule has 0 bridgehead atoms. The van der Waals surface area contributed by atoms with Crippen LogP contribution in [0.5, 0.6) is 0 Å². The number of carbonyl (C=O) groups excluding carboxylic acids is 3. The third kappa shape index (κ3) is 2.72. The molecule has 1 atom stereocenters. The molecule has 1 aliphatic carbocycles. The molecule has 2 aliphatic heterocycles. The molecule has 3 N–H and O–H groups in total. The van der Waals surface area contributed by atoms with Crippen LogP contribution in [0.25, 0.3) is 0 Å². The van der Waals surface area contributed by atoms with Crippen LogP contribution >= 0.6 is 11.6 Å². The Labute approximate surface area is 155 Å². The molecular weight excluding hydrogens is 344 g/mol. The van der Waals surface area contributed by atoms with Crippen LogP contribution in [0.1, 0.15) is 35.0 Å². The second-order valence-corrected chi connectivity index (χ2v) is 6.93. The molecule has 1 saturated heterocycles. The summed E-state index contributed by atoms with van der Waals surface area (Å²) in [5.41, 5.74) is -0.760. The molecule has 4 rings (SSSR count). The highest BCUT2D eigenvalue weighted by Crippen LogP contribution is 2.41. The van der Waals surface area contributed by atoms with E-state index in [4.69, 9.17) is 17.1 Å². The van der Waals surface area contributed by atoms with Gasteiger partial charge in [-0.15, -0.1) is 0 Å². The topological polar surface area (TPSA) is 90.5 Å². The molecule has 8 heteroatoms. The Kier molecular flexibility index (Phi) is 2.73. The molecule has 0 unspecified atom stereocenters. The first-order valence-corrected chi connectivity index (χ1v) is 8.32. The van der Waals surface area contributed by atoms with Gasteiger partial charge in [0, 0.05) is 18.0 Å². The lowest BCUT2D eigenvalue weighted by Gasteiger charge is -2.27. The second kappa shape index (κ2) is 5.62. The number of urea groups is 2. The van der Waals surface area contributed by atoms with Gasteiger partial charge in [-0.3, -0.25) is 10.1 Å². The summed E-state index contributed by atoms with van der Waals surface area (Å²) < 4.78 is 33.5. The molecule has 5 amide bonds. The number of hydrogen-bond donors (Lipinski definition) is 3. The molecule has 0 spiro atoms. The smallest absolute Gasteiger partial charge is 0.322 e. The Balaban J connectivity index is 1.62. The van der Waals surface area contributed by atoms with E-state index in [1.807, 2.05) is 0 Å². The van der Waals surface area contributed by atoms with E-state index in [1.54, 1.807) is 6.92 Å². The zero-order valence-corrected chi connectivity index (χ0v) is 14.2. The Morgan fingerprint density at radius 2 is 2.08 bits per heavy atom. The Morgan fingerprint density at radius 3 is 2.68 bits per heavy atom. The van der Waals surface area contributed by atoms with Crippen molar-refractivity contribution in [3.05, 3.63) is 33.8 Å². The minimum Gasteiger partial charge on any atom is -0.335 e. The summed E-state index contributed by atoms with van der Waals surface area (Å²) in [6, 6.07) is 1.08.